The largest absolute Gasteiger partial charge is 0.396 e. The van der Waals surface area contributed by atoms with Crippen LogP contribution in [0.4, 0.5) is 4.79 Å². The summed E-state index contributed by atoms with van der Waals surface area (Å²) in [6.07, 6.45) is 0.478. The second-order valence-corrected chi connectivity index (χ2v) is 6.45. The molecule has 0 saturated heterocycles. The van der Waals surface area contributed by atoms with Crippen LogP contribution in [0.3, 0.4) is 0 Å². The Morgan fingerprint density at radius 1 is 1.32 bits per heavy atom. The lowest BCUT2D eigenvalue weighted by Gasteiger charge is -2.18. The molecular formula is C16H21N3O2S. The number of aryl methyl sites for hydroxylation is 2. The van der Waals surface area contributed by atoms with Gasteiger partial charge in [0.2, 0.25) is 0 Å². The topological polar surface area (TPSA) is 74.2 Å². The molecule has 1 heterocycles. The maximum Gasteiger partial charge on any atom is 0.315 e. The molecule has 0 aliphatic rings. The summed E-state index contributed by atoms with van der Waals surface area (Å²) in [7, 11) is 0. The predicted octanol–water partition coefficient (Wildman–Crippen LogP) is 2.68. The second-order valence-electron chi connectivity index (χ2n) is 5.04. The van der Waals surface area contributed by atoms with Crippen molar-refractivity contribution in [3.8, 4) is 0 Å². The summed E-state index contributed by atoms with van der Waals surface area (Å²) in [5.74, 6) is 0. The van der Waals surface area contributed by atoms with Gasteiger partial charge in [0, 0.05) is 11.5 Å². The SMILES string of the molecule is Cc1nc(CNC(=O)N[C@H](CCO)c2ccccc2)c(C)s1. The van der Waals surface area contributed by atoms with Gasteiger partial charge in [-0.1, -0.05) is 30.3 Å². The third-order valence-corrected chi connectivity index (χ3v) is 4.27. The van der Waals surface area contributed by atoms with Crippen LogP contribution in [0.25, 0.3) is 0 Å². The number of aliphatic hydroxyl groups is 1. The van der Waals surface area contributed by atoms with Gasteiger partial charge in [0.15, 0.2) is 0 Å². The first-order valence-electron chi connectivity index (χ1n) is 7.23. The van der Waals surface area contributed by atoms with Crippen molar-refractivity contribution in [1.82, 2.24) is 15.6 Å². The fourth-order valence-electron chi connectivity index (χ4n) is 2.25. The number of amides is 2. The van der Waals surface area contributed by atoms with Gasteiger partial charge in [-0.15, -0.1) is 11.3 Å². The number of carbonyl (C=O) groups is 1. The summed E-state index contributed by atoms with van der Waals surface area (Å²) in [5.41, 5.74) is 1.88. The van der Waals surface area contributed by atoms with E-state index in [-0.39, 0.29) is 18.7 Å². The van der Waals surface area contributed by atoms with Gasteiger partial charge >= 0.3 is 6.03 Å². The van der Waals surface area contributed by atoms with Crippen molar-refractivity contribution in [3.05, 3.63) is 51.5 Å². The number of benzene rings is 1. The molecule has 1 atom stereocenters. The highest BCUT2D eigenvalue weighted by atomic mass is 32.1. The molecule has 1 aromatic carbocycles. The summed E-state index contributed by atoms with van der Waals surface area (Å²) in [5, 5.41) is 15.9. The Labute approximate surface area is 134 Å². The minimum atomic E-state index is -0.257. The molecule has 6 heteroatoms. The molecule has 0 saturated carbocycles. The number of hydrogen-bond acceptors (Lipinski definition) is 4. The lowest BCUT2D eigenvalue weighted by molar-refractivity contribution is 0.229. The summed E-state index contributed by atoms with van der Waals surface area (Å²) in [6, 6.07) is 9.18. The van der Waals surface area contributed by atoms with Crippen molar-refractivity contribution in [1.29, 1.82) is 0 Å². The van der Waals surface area contributed by atoms with E-state index < -0.39 is 0 Å². The number of rotatable bonds is 6. The first kappa shape index (κ1) is 16.5. The van der Waals surface area contributed by atoms with Crippen LogP contribution in [0.1, 0.15) is 33.6 Å². The highest BCUT2D eigenvalue weighted by Crippen LogP contribution is 2.17. The fraction of sp³-hybridized carbons (Fsp3) is 0.375. The van der Waals surface area contributed by atoms with Crippen LogP contribution < -0.4 is 10.6 Å². The van der Waals surface area contributed by atoms with Gasteiger partial charge < -0.3 is 15.7 Å². The second kappa shape index (κ2) is 7.91. The van der Waals surface area contributed by atoms with Crippen molar-refractivity contribution in [2.75, 3.05) is 6.61 Å². The molecule has 0 spiro atoms. The molecule has 2 amide bonds. The Hall–Kier alpha value is -1.92. The Bertz CT molecular complexity index is 613. The van der Waals surface area contributed by atoms with E-state index in [0.717, 1.165) is 21.1 Å². The fourth-order valence-corrected chi connectivity index (χ4v) is 3.08. The number of carbonyl (C=O) groups excluding carboxylic acids is 1. The molecule has 2 aromatic rings. The minimum absolute atomic E-state index is 0.0181. The zero-order chi connectivity index (χ0) is 15.9. The van der Waals surface area contributed by atoms with Gasteiger partial charge in [0.25, 0.3) is 0 Å². The van der Waals surface area contributed by atoms with Gasteiger partial charge in [0.05, 0.1) is 23.3 Å². The molecule has 118 valence electrons. The Morgan fingerprint density at radius 3 is 2.64 bits per heavy atom. The van der Waals surface area contributed by atoms with Crippen LogP contribution in [0, 0.1) is 13.8 Å². The van der Waals surface area contributed by atoms with E-state index in [0.29, 0.717) is 13.0 Å². The smallest absolute Gasteiger partial charge is 0.315 e. The molecule has 0 aliphatic carbocycles. The number of nitrogens with one attached hydrogen (secondary N) is 2. The summed E-state index contributed by atoms with van der Waals surface area (Å²) < 4.78 is 0. The average molecular weight is 319 g/mol. The summed E-state index contributed by atoms with van der Waals surface area (Å²) in [6.45, 7) is 4.37. The number of hydrogen-bond donors (Lipinski definition) is 3. The van der Waals surface area contributed by atoms with Crippen LogP contribution in [0.2, 0.25) is 0 Å². The molecule has 0 unspecified atom stereocenters. The van der Waals surface area contributed by atoms with Crippen LogP contribution in [-0.2, 0) is 6.54 Å². The molecule has 2 rings (SSSR count). The van der Waals surface area contributed by atoms with Crippen LogP contribution in [0.5, 0.6) is 0 Å². The Kier molecular flexibility index (Phi) is 5.91. The quantitative estimate of drug-likeness (QED) is 0.766. The summed E-state index contributed by atoms with van der Waals surface area (Å²) >= 11 is 1.62. The third kappa shape index (κ3) is 4.54. The molecule has 0 radical (unpaired) electrons. The monoisotopic (exact) mass is 319 g/mol. The molecule has 0 aliphatic heterocycles. The van der Waals surface area contributed by atoms with Gasteiger partial charge in [0.1, 0.15) is 0 Å². The van der Waals surface area contributed by atoms with Crippen LogP contribution >= 0.6 is 11.3 Å². The number of urea groups is 1. The molecule has 3 N–H and O–H groups in total. The zero-order valence-corrected chi connectivity index (χ0v) is 13.6. The Balaban J connectivity index is 1.92. The van der Waals surface area contributed by atoms with Crippen molar-refractivity contribution in [2.45, 2.75) is 32.9 Å². The predicted molar refractivity (Wildman–Crippen MR) is 87.8 cm³/mol. The standard InChI is InChI=1S/C16H21N3O2S/c1-11-15(18-12(2)22-11)10-17-16(21)19-14(8-9-20)13-6-4-3-5-7-13/h3-7,14,20H,8-10H2,1-2H3,(H2,17,19,21)/t14-/m1/s1. The summed E-state index contributed by atoms with van der Waals surface area (Å²) in [4.78, 5) is 17.6. The average Bonchev–Trinajstić information content (AvgIpc) is 2.83. The maximum atomic E-state index is 12.1. The van der Waals surface area contributed by atoms with Gasteiger partial charge in [-0.3, -0.25) is 0 Å². The number of nitrogens with zero attached hydrogens (tertiary/aromatic N) is 1. The van der Waals surface area contributed by atoms with Crippen molar-refractivity contribution < 1.29 is 9.90 Å². The van der Waals surface area contributed by atoms with E-state index in [1.54, 1.807) is 11.3 Å². The first-order chi connectivity index (χ1) is 10.6. The van der Waals surface area contributed by atoms with Crippen LogP contribution in [0.15, 0.2) is 30.3 Å². The molecule has 5 nitrogen and oxygen atoms in total. The Morgan fingerprint density at radius 2 is 2.05 bits per heavy atom. The molecular weight excluding hydrogens is 298 g/mol. The third-order valence-electron chi connectivity index (χ3n) is 3.34. The molecule has 22 heavy (non-hydrogen) atoms. The number of aliphatic hydroxyl groups excluding tert-OH is 1. The number of thiazole rings is 1. The lowest BCUT2D eigenvalue weighted by atomic mass is 10.0. The number of aromatic nitrogens is 1. The molecule has 0 bridgehead atoms. The van der Waals surface area contributed by atoms with Gasteiger partial charge in [-0.2, -0.15) is 0 Å². The van der Waals surface area contributed by atoms with Crippen LogP contribution in [-0.4, -0.2) is 22.7 Å². The van der Waals surface area contributed by atoms with Crippen molar-refractivity contribution >= 4 is 17.4 Å². The van der Waals surface area contributed by atoms with Gasteiger partial charge in [-0.25, -0.2) is 9.78 Å². The van der Waals surface area contributed by atoms with E-state index >= 15 is 0 Å². The molecule has 0 fully saturated rings. The first-order valence-corrected chi connectivity index (χ1v) is 8.05. The van der Waals surface area contributed by atoms with Gasteiger partial charge in [-0.05, 0) is 25.8 Å². The molecule has 1 aromatic heterocycles. The van der Waals surface area contributed by atoms with E-state index in [1.807, 2.05) is 44.2 Å². The van der Waals surface area contributed by atoms with E-state index in [4.69, 9.17) is 0 Å². The van der Waals surface area contributed by atoms with E-state index in [1.165, 1.54) is 0 Å². The zero-order valence-electron chi connectivity index (χ0n) is 12.8. The van der Waals surface area contributed by atoms with E-state index in [2.05, 4.69) is 15.6 Å². The van der Waals surface area contributed by atoms with E-state index in [9.17, 15) is 9.90 Å². The maximum absolute atomic E-state index is 12.1. The minimum Gasteiger partial charge on any atom is -0.396 e. The van der Waals surface area contributed by atoms with Crippen molar-refractivity contribution in [3.63, 3.8) is 0 Å². The lowest BCUT2D eigenvalue weighted by Crippen LogP contribution is -2.38. The highest BCUT2D eigenvalue weighted by Gasteiger charge is 2.14. The normalized spacial score (nSPS) is 12.0. The van der Waals surface area contributed by atoms with Crippen molar-refractivity contribution in [2.24, 2.45) is 0 Å². The highest BCUT2D eigenvalue weighted by molar-refractivity contribution is 7.11.